The monoisotopic (exact) mass is 234 g/mol. The Morgan fingerprint density at radius 2 is 1.94 bits per heavy atom. The molecule has 94 valence electrons. The number of ether oxygens (including phenoxy) is 2. The highest BCUT2D eigenvalue weighted by Crippen LogP contribution is 2.30. The molecule has 0 aromatic heterocycles. The lowest BCUT2D eigenvalue weighted by Crippen LogP contribution is -1.97. The van der Waals surface area contributed by atoms with Gasteiger partial charge in [-0.15, -0.1) is 0 Å². The van der Waals surface area contributed by atoms with E-state index in [1.807, 2.05) is 12.1 Å². The van der Waals surface area contributed by atoms with Crippen molar-refractivity contribution in [3.05, 3.63) is 36.1 Å². The van der Waals surface area contributed by atoms with Crippen LogP contribution in [0.5, 0.6) is 11.5 Å². The SMILES string of the molecule is C=C(CCC)Oc1ccc(CCC)cc1OC. The summed E-state index contributed by atoms with van der Waals surface area (Å²) in [7, 11) is 1.67. The molecular formula is C15H22O2. The van der Waals surface area contributed by atoms with Crippen molar-refractivity contribution in [2.45, 2.75) is 39.5 Å². The minimum absolute atomic E-state index is 0.755. The van der Waals surface area contributed by atoms with E-state index in [4.69, 9.17) is 9.47 Å². The van der Waals surface area contributed by atoms with E-state index in [0.717, 1.165) is 42.9 Å². The van der Waals surface area contributed by atoms with E-state index in [1.165, 1.54) is 5.56 Å². The lowest BCUT2D eigenvalue weighted by atomic mass is 10.1. The smallest absolute Gasteiger partial charge is 0.168 e. The van der Waals surface area contributed by atoms with Gasteiger partial charge in [-0.25, -0.2) is 0 Å². The molecule has 0 heterocycles. The number of rotatable bonds is 7. The molecule has 0 saturated carbocycles. The van der Waals surface area contributed by atoms with E-state index >= 15 is 0 Å². The predicted molar refractivity (Wildman–Crippen MR) is 71.7 cm³/mol. The molecule has 1 aromatic rings. The number of aryl methyl sites for hydroxylation is 1. The first-order valence-electron chi connectivity index (χ1n) is 6.23. The van der Waals surface area contributed by atoms with E-state index in [1.54, 1.807) is 7.11 Å². The molecule has 2 heteroatoms. The third kappa shape index (κ3) is 4.14. The topological polar surface area (TPSA) is 18.5 Å². The molecular weight excluding hydrogens is 212 g/mol. The minimum atomic E-state index is 0.755. The number of hydrogen-bond acceptors (Lipinski definition) is 2. The molecule has 0 N–H and O–H groups in total. The molecule has 2 nitrogen and oxygen atoms in total. The third-order valence-electron chi connectivity index (χ3n) is 2.55. The van der Waals surface area contributed by atoms with Gasteiger partial charge in [0.05, 0.1) is 12.9 Å². The molecule has 0 saturated heterocycles. The van der Waals surface area contributed by atoms with Gasteiger partial charge in [-0.05, 0) is 30.5 Å². The fourth-order valence-electron chi connectivity index (χ4n) is 1.73. The molecule has 1 aromatic carbocycles. The first-order chi connectivity index (χ1) is 8.21. The van der Waals surface area contributed by atoms with Gasteiger partial charge in [0.15, 0.2) is 11.5 Å². The second kappa shape index (κ2) is 7.00. The van der Waals surface area contributed by atoms with Crippen LogP contribution < -0.4 is 9.47 Å². The van der Waals surface area contributed by atoms with Gasteiger partial charge in [-0.2, -0.15) is 0 Å². The summed E-state index contributed by atoms with van der Waals surface area (Å²) in [5.41, 5.74) is 1.28. The summed E-state index contributed by atoms with van der Waals surface area (Å²) in [4.78, 5) is 0. The standard InChI is InChI=1S/C15H22O2/c1-5-7-12(3)17-14-10-9-13(8-6-2)11-15(14)16-4/h9-11H,3,5-8H2,1-2,4H3. The van der Waals surface area contributed by atoms with Gasteiger partial charge in [0.1, 0.15) is 0 Å². The van der Waals surface area contributed by atoms with E-state index in [0.29, 0.717) is 0 Å². The molecule has 1 rings (SSSR count). The Bertz CT molecular complexity index is 369. The van der Waals surface area contributed by atoms with Gasteiger partial charge in [0.25, 0.3) is 0 Å². The van der Waals surface area contributed by atoms with Crippen LogP contribution in [0.4, 0.5) is 0 Å². The molecule has 0 amide bonds. The Morgan fingerprint density at radius 1 is 1.18 bits per heavy atom. The van der Waals surface area contributed by atoms with E-state index < -0.39 is 0 Å². The summed E-state index contributed by atoms with van der Waals surface area (Å²) in [6.07, 6.45) is 4.10. The zero-order chi connectivity index (χ0) is 12.7. The number of benzene rings is 1. The van der Waals surface area contributed by atoms with Crippen LogP contribution in [-0.2, 0) is 6.42 Å². The summed E-state index contributed by atoms with van der Waals surface area (Å²) in [6.45, 7) is 8.17. The van der Waals surface area contributed by atoms with Crippen LogP contribution in [-0.4, -0.2) is 7.11 Å². The number of allylic oxidation sites excluding steroid dienone is 1. The fraction of sp³-hybridized carbons (Fsp3) is 0.467. The zero-order valence-corrected chi connectivity index (χ0v) is 11.1. The highest BCUT2D eigenvalue weighted by molar-refractivity contribution is 5.43. The Labute approximate surface area is 104 Å². The maximum atomic E-state index is 5.69. The Morgan fingerprint density at radius 3 is 2.53 bits per heavy atom. The lowest BCUT2D eigenvalue weighted by molar-refractivity contribution is 0.352. The molecule has 0 spiro atoms. The quantitative estimate of drug-likeness (QED) is 0.653. The first-order valence-corrected chi connectivity index (χ1v) is 6.23. The molecule has 0 radical (unpaired) electrons. The maximum Gasteiger partial charge on any atom is 0.168 e. The van der Waals surface area contributed by atoms with Crippen molar-refractivity contribution in [1.82, 2.24) is 0 Å². The average Bonchev–Trinajstić information content (AvgIpc) is 2.31. The van der Waals surface area contributed by atoms with Crippen molar-refractivity contribution >= 4 is 0 Å². The van der Waals surface area contributed by atoms with Crippen LogP contribution in [0.1, 0.15) is 38.7 Å². The molecule has 17 heavy (non-hydrogen) atoms. The van der Waals surface area contributed by atoms with Gasteiger partial charge >= 0.3 is 0 Å². The molecule has 0 aliphatic heterocycles. The third-order valence-corrected chi connectivity index (χ3v) is 2.55. The van der Waals surface area contributed by atoms with Crippen LogP contribution in [0.3, 0.4) is 0 Å². The van der Waals surface area contributed by atoms with Crippen LogP contribution in [0, 0.1) is 0 Å². The Kier molecular flexibility index (Phi) is 5.61. The van der Waals surface area contributed by atoms with Crippen LogP contribution in [0.25, 0.3) is 0 Å². The number of methoxy groups -OCH3 is 1. The van der Waals surface area contributed by atoms with Crippen molar-refractivity contribution in [3.8, 4) is 11.5 Å². The predicted octanol–water partition coefficient (Wildman–Crippen LogP) is 4.34. The summed E-state index contributed by atoms with van der Waals surface area (Å²) in [5.74, 6) is 2.33. The summed E-state index contributed by atoms with van der Waals surface area (Å²) >= 11 is 0. The summed E-state index contributed by atoms with van der Waals surface area (Å²) < 4.78 is 11.0. The van der Waals surface area contributed by atoms with E-state index in [2.05, 4.69) is 26.5 Å². The number of hydrogen-bond donors (Lipinski definition) is 0. The average molecular weight is 234 g/mol. The molecule has 0 bridgehead atoms. The Hall–Kier alpha value is -1.44. The van der Waals surface area contributed by atoms with Gasteiger partial charge in [-0.1, -0.05) is 32.9 Å². The first kappa shape index (κ1) is 13.6. The minimum Gasteiger partial charge on any atom is -0.493 e. The van der Waals surface area contributed by atoms with Crippen molar-refractivity contribution in [2.75, 3.05) is 7.11 Å². The summed E-state index contributed by atoms with van der Waals surface area (Å²) in [6, 6.07) is 6.09. The molecule has 0 aliphatic carbocycles. The van der Waals surface area contributed by atoms with Crippen molar-refractivity contribution in [2.24, 2.45) is 0 Å². The second-order valence-corrected chi connectivity index (χ2v) is 4.13. The van der Waals surface area contributed by atoms with Gasteiger partial charge in [-0.3, -0.25) is 0 Å². The van der Waals surface area contributed by atoms with Crippen molar-refractivity contribution in [1.29, 1.82) is 0 Å². The molecule has 0 fully saturated rings. The molecule has 0 atom stereocenters. The van der Waals surface area contributed by atoms with Gasteiger partial charge in [0.2, 0.25) is 0 Å². The van der Waals surface area contributed by atoms with Crippen LogP contribution in [0.15, 0.2) is 30.5 Å². The fourth-order valence-corrected chi connectivity index (χ4v) is 1.73. The van der Waals surface area contributed by atoms with Crippen LogP contribution >= 0.6 is 0 Å². The zero-order valence-electron chi connectivity index (χ0n) is 11.1. The largest absolute Gasteiger partial charge is 0.493 e. The van der Waals surface area contributed by atoms with E-state index in [9.17, 15) is 0 Å². The van der Waals surface area contributed by atoms with Crippen molar-refractivity contribution in [3.63, 3.8) is 0 Å². The summed E-state index contributed by atoms with van der Waals surface area (Å²) in [5, 5.41) is 0. The van der Waals surface area contributed by atoms with Gasteiger partial charge < -0.3 is 9.47 Å². The van der Waals surface area contributed by atoms with Crippen molar-refractivity contribution < 1.29 is 9.47 Å². The van der Waals surface area contributed by atoms with Crippen LogP contribution in [0.2, 0.25) is 0 Å². The highest BCUT2D eigenvalue weighted by Gasteiger charge is 2.07. The lowest BCUT2D eigenvalue weighted by Gasteiger charge is -2.13. The molecule has 0 aliphatic rings. The normalized spacial score (nSPS) is 10.1. The van der Waals surface area contributed by atoms with Gasteiger partial charge in [0, 0.05) is 6.42 Å². The second-order valence-electron chi connectivity index (χ2n) is 4.13. The Balaban J connectivity index is 2.81. The maximum absolute atomic E-state index is 5.69. The van der Waals surface area contributed by atoms with E-state index in [-0.39, 0.29) is 0 Å². The highest BCUT2D eigenvalue weighted by atomic mass is 16.5. The molecule has 0 unspecified atom stereocenters.